The van der Waals surface area contributed by atoms with Gasteiger partial charge in [0.1, 0.15) is 23.1 Å². The van der Waals surface area contributed by atoms with Gasteiger partial charge in [0.15, 0.2) is 23.4 Å². The maximum Gasteiger partial charge on any atom is 0.488 e. The first-order valence-corrected chi connectivity index (χ1v) is 24.7. The van der Waals surface area contributed by atoms with E-state index in [1.807, 2.05) is 11.0 Å². The number of hydrogen-bond donors (Lipinski definition) is 2. The number of piperidine rings is 3. The van der Waals surface area contributed by atoms with Crippen molar-refractivity contribution in [2.75, 3.05) is 57.6 Å². The third kappa shape index (κ3) is 10.6. The van der Waals surface area contributed by atoms with Crippen molar-refractivity contribution in [2.24, 2.45) is 0 Å². The Balaban J connectivity index is 0.863. The predicted octanol–water partition coefficient (Wildman–Crippen LogP) is 3.79. The van der Waals surface area contributed by atoms with Crippen LogP contribution < -0.4 is 29.3 Å². The summed E-state index contributed by atoms with van der Waals surface area (Å²) < 4.78 is 105. The molecule has 68 heavy (non-hydrogen) atoms. The van der Waals surface area contributed by atoms with Crippen LogP contribution in [0.2, 0.25) is 0 Å². The van der Waals surface area contributed by atoms with E-state index in [0.717, 1.165) is 16.4 Å². The molecule has 4 aliphatic heterocycles. The molecule has 4 aliphatic rings. The summed E-state index contributed by atoms with van der Waals surface area (Å²) >= 11 is 0. The molecule has 4 aromatic rings. The molecule has 0 saturated carbocycles. The first kappa shape index (κ1) is 48.2. The van der Waals surface area contributed by atoms with Gasteiger partial charge in [0.2, 0.25) is 11.8 Å². The second-order valence-electron chi connectivity index (χ2n) is 17.2. The van der Waals surface area contributed by atoms with E-state index >= 15 is 4.39 Å². The summed E-state index contributed by atoms with van der Waals surface area (Å²) in [5.74, 6) is -3.02. The minimum absolute atomic E-state index is 0.0105. The van der Waals surface area contributed by atoms with Gasteiger partial charge in [0.25, 0.3) is 11.5 Å². The fourth-order valence-corrected chi connectivity index (χ4v) is 10.4. The lowest BCUT2D eigenvalue weighted by molar-refractivity contribution is -0.139. The van der Waals surface area contributed by atoms with Crippen LogP contribution in [0.4, 0.5) is 14.0 Å². The topological polar surface area (TPSA) is 249 Å². The van der Waals surface area contributed by atoms with E-state index in [1.165, 1.54) is 48.3 Å². The molecular weight excluding hydrogens is 935 g/mol. The number of ether oxygens (including phenoxy) is 3. The van der Waals surface area contributed by atoms with E-state index in [0.29, 0.717) is 69.4 Å². The molecule has 4 saturated heterocycles. The van der Waals surface area contributed by atoms with Gasteiger partial charge < -0.3 is 23.3 Å². The number of nitrogens with zero attached hydrogens (tertiary/aromatic N) is 6. The van der Waals surface area contributed by atoms with Crippen LogP contribution in [-0.2, 0) is 39.8 Å². The van der Waals surface area contributed by atoms with Gasteiger partial charge in [-0.2, -0.15) is 26.4 Å². The Morgan fingerprint density at radius 1 is 1.03 bits per heavy atom. The fraction of sp³-hybridized carbons (Fsp3) is 0.455. The van der Waals surface area contributed by atoms with Crippen molar-refractivity contribution in [1.82, 2.24) is 29.0 Å². The summed E-state index contributed by atoms with van der Waals surface area (Å²) in [6.07, 6.45) is 3.21. The fourth-order valence-electron chi connectivity index (χ4n) is 9.06. The van der Waals surface area contributed by atoms with Crippen LogP contribution in [0.1, 0.15) is 75.0 Å². The lowest BCUT2D eigenvalue weighted by Gasteiger charge is -2.40. The number of nitriles is 1. The summed E-state index contributed by atoms with van der Waals surface area (Å²) in [6, 6.07) is 12.2. The van der Waals surface area contributed by atoms with Gasteiger partial charge >= 0.3 is 20.7 Å². The maximum absolute atomic E-state index is 15.1. The van der Waals surface area contributed by atoms with E-state index in [4.69, 9.17) is 18.4 Å². The second kappa shape index (κ2) is 19.4. The Kier molecular flexibility index (Phi) is 13.7. The van der Waals surface area contributed by atoms with Gasteiger partial charge in [-0.15, -0.1) is 0 Å². The van der Waals surface area contributed by atoms with Crippen molar-refractivity contribution in [2.45, 2.75) is 75.5 Å². The average Bonchev–Trinajstić information content (AvgIpc) is 3.71. The summed E-state index contributed by atoms with van der Waals surface area (Å²) in [5, 5.41) is 12.3. The number of likely N-dealkylation sites (tertiary alicyclic amines) is 2. The number of fused-ring (bicyclic) bond motifs is 1. The van der Waals surface area contributed by atoms with Crippen LogP contribution in [0.3, 0.4) is 0 Å². The van der Waals surface area contributed by atoms with Gasteiger partial charge in [0, 0.05) is 45.6 Å². The van der Waals surface area contributed by atoms with Crippen molar-refractivity contribution in [3.8, 4) is 29.1 Å². The number of imide groups is 1. The monoisotopic (exact) mass is 982 g/mol. The zero-order chi connectivity index (χ0) is 48.5. The Morgan fingerprint density at radius 3 is 2.46 bits per heavy atom. The predicted molar refractivity (Wildman–Crippen MR) is 239 cm³/mol. The van der Waals surface area contributed by atoms with Crippen molar-refractivity contribution < 1.29 is 57.9 Å². The van der Waals surface area contributed by atoms with Gasteiger partial charge in [-0.25, -0.2) is 9.37 Å². The molecule has 3 amide bonds. The highest BCUT2D eigenvalue weighted by atomic mass is 32.3. The van der Waals surface area contributed by atoms with E-state index in [-0.39, 0.29) is 78.7 Å². The summed E-state index contributed by atoms with van der Waals surface area (Å²) in [7, 11) is -8.12. The first-order chi connectivity index (χ1) is 32.3. The number of carbonyl (C=O) groups excluding carboxylic acids is 3. The number of halogens is 2. The molecule has 362 valence electrons. The van der Waals surface area contributed by atoms with Crippen LogP contribution in [0.15, 0.2) is 59.7 Å². The maximum atomic E-state index is 15.1. The van der Waals surface area contributed by atoms with Gasteiger partial charge in [-0.1, -0.05) is 16.9 Å². The molecule has 2 unspecified atom stereocenters. The van der Waals surface area contributed by atoms with Crippen LogP contribution in [0.5, 0.6) is 23.0 Å². The number of benzene rings is 3. The van der Waals surface area contributed by atoms with Crippen molar-refractivity contribution in [1.29, 1.82) is 5.26 Å². The molecule has 0 radical (unpaired) electrons. The number of amides is 3. The standard InChI is InChI=1S/C44H48F2N8O12S2/c1-3-51(2)68(61,62)50-36-9-7-34(45)41(33(36)23-47)65-29-5-8-35-32(20-29)43(58)54(26-48-35)28-22-44(63-25-28)14-18-53(19-15-44)40(56)24-52-16-12-27(13-17-52)31-6-4-30(21-38(31)66-67(46,59)60)64-37-10-11-39(55)49-42(37)57/h4-9,20-21,26-28,37,50H,3,10-19,22,24-25H2,1-2H3,(H,49,55,57). The summed E-state index contributed by atoms with van der Waals surface area (Å²) in [6.45, 7) is 3.97. The number of hydrogen-bond acceptors (Lipinski definition) is 15. The largest absolute Gasteiger partial charge is 0.488 e. The smallest absolute Gasteiger partial charge is 0.480 e. The Bertz CT molecular complexity index is 2970. The molecule has 0 bridgehead atoms. The number of carbonyl (C=O) groups is 3. The van der Waals surface area contributed by atoms with Crippen molar-refractivity contribution in [3.63, 3.8) is 0 Å². The van der Waals surface area contributed by atoms with Crippen LogP contribution in [-0.4, -0.2) is 123 Å². The third-order valence-electron chi connectivity index (χ3n) is 12.9. The Hall–Kier alpha value is -6.26. The molecule has 5 heterocycles. The molecule has 24 heteroatoms. The number of rotatable bonds is 14. The van der Waals surface area contributed by atoms with E-state index in [9.17, 15) is 45.2 Å². The minimum atomic E-state index is -5.40. The molecule has 2 N–H and O–H groups in total. The average molecular weight is 983 g/mol. The number of aromatic nitrogens is 2. The van der Waals surface area contributed by atoms with Crippen LogP contribution >= 0.6 is 0 Å². The zero-order valence-corrected chi connectivity index (χ0v) is 38.6. The summed E-state index contributed by atoms with van der Waals surface area (Å²) in [5.41, 5.74) is -0.802. The Labute approximate surface area is 390 Å². The molecule has 20 nitrogen and oxygen atoms in total. The molecule has 4 fully saturated rings. The third-order valence-corrected chi connectivity index (χ3v) is 14.9. The molecule has 1 aromatic heterocycles. The Morgan fingerprint density at radius 2 is 1.76 bits per heavy atom. The SMILES string of the molecule is CCN(C)S(=O)(=O)Nc1ccc(F)c(Oc2ccc3ncn(C4COC5(CCN(C(=O)CN6CCC(c7ccc(OC8CCC(=O)NC8=O)cc7OS(=O)(=O)F)CC6)CC5)C4)c(=O)c3c2)c1C#N. The molecule has 8 rings (SSSR count). The molecular formula is C44H48F2N8O12S2. The first-order valence-electron chi connectivity index (χ1n) is 21.9. The molecule has 2 atom stereocenters. The van der Waals surface area contributed by atoms with E-state index in [2.05, 4.69) is 15.0 Å². The highest BCUT2D eigenvalue weighted by Crippen LogP contribution is 2.42. The van der Waals surface area contributed by atoms with E-state index < -0.39 is 66.9 Å². The highest BCUT2D eigenvalue weighted by Gasteiger charge is 2.44. The second-order valence-corrected chi connectivity index (χ2v) is 19.9. The highest BCUT2D eigenvalue weighted by molar-refractivity contribution is 7.90. The zero-order valence-electron chi connectivity index (χ0n) is 37.0. The lowest BCUT2D eigenvalue weighted by atomic mass is 9.87. The van der Waals surface area contributed by atoms with Crippen molar-refractivity contribution in [3.05, 3.63) is 82.2 Å². The van der Waals surface area contributed by atoms with Crippen LogP contribution in [0, 0.1) is 17.1 Å². The lowest BCUT2D eigenvalue weighted by Crippen LogP contribution is -2.50. The van der Waals surface area contributed by atoms with Gasteiger partial charge in [-0.05, 0) is 93.1 Å². The molecule has 3 aromatic carbocycles. The number of nitrogens with one attached hydrogen (secondary N) is 2. The van der Waals surface area contributed by atoms with Crippen molar-refractivity contribution >= 4 is 55.0 Å². The van der Waals surface area contributed by atoms with Gasteiger partial charge in [-0.3, -0.25) is 38.7 Å². The van der Waals surface area contributed by atoms with Gasteiger partial charge in [0.05, 0.1) is 47.7 Å². The quantitative estimate of drug-likeness (QED) is 0.135. The number of anilines is 1. The summed E-state index contributed by atoms with van der Waals surface area (Å²) in [4.78, 5) is 59.5. The van der Waals surface area contributed by atoms with Crippen LogP contribution in [0.25, 0.3) is 10.9 Å². The molecule has 0 aliphatic carbocycles. The minimum Gasteiger partial charge on any atom is -0.480 e. The molecule has 1 spiro atoms. The normalized spacial score (nSPS) is 20.3. The van der Waals surface area contributed by atoms with E-state index in [1.54, 1.807) is 17.9 Å².